The van der Waals surface area contributed by atoms with Gasteiger partial charge in [-0.15, -0.1) is 0 Å². The highest BCUT2D eigenvalue weighted by molar-refractivity contribution is 5.34. The molecule has 0 amide bonds. The van der Waals surface area contributed by atoms with Gasteiger partial charge in [0.2, 0.25) is 0 Å². The zero-order chi connectivity index (χ0) is 11.3. The molecule has 5 nitrogen and oxygen atoms in total. The Kier molecular flexibility index (Phi) is 1.91. The zero-order valence-electron chi connectivity index (χ0n) is 8.82. The highest BCUT2D eigenvalue weighted by Crippen LogP contribution is 2.64. The van der Waals surface area contributed by atoms with Gasteiger partial charge in [-0.25, -0.2) is 0 Å². The second kappa shape index (κ2) is 2.82. The fraction of sp³-hybridized carbons (Fsp3) is 0.600. The second-order valence-electron chi connectivity index (χ2n) is 4.74. The largest absolute Gasteiger partial charge is 0.433 e. The maximum absolute atomic E-state index is 10.5. The summed E-state index contributed by atoms with van der Waals surface area (Å²) in [6.45, 7) is 4.65. The van der Waals surface area contributed by atoms with E-state index in [1.807, 2.05) is 0 Å². The highest BCUT2D eigenvalue weighted by Gasteiger charge is 2.63. The van der Waals surface area contributed by atoms with E-state index in [4.69, 9.17) is 10.2 Å². The molecular formula is C10H14N2O3. The van der Waals surface area contributed by atoms with Crippen molar-refractivity contribution in [3.63, 3.8) is 0 Å². The molecular weight excluding hydrogens is 196 g/mol. The Labute approximate surface area is 87.4 Å². The predicted molar refractivity (Wildman–Crippen MR) is 54.5 cm³/mol. The van der Waals surface area contributed by atoms with Gasteiger partial charge < -0.3 is 10.2 Å². The Morgan fingerprint density at radius 3 is 2.53 bits per heavy atom. The summed E-state index contributed by atoms with van der Waals surface area (Å²) in [5.41, 5.74) is 5.60. The van der Waals surface area contributed by atoms with Crippen LogP contribution < -0.4 is 5.73 Å². The molecule has 1 aliphatic rings. The number of furan rings is 1. The van der Waals surface area contributed by atoms with Crippen LogP contribution in [0.25, 0.3) is 0 Å². The average Bonchev–Trinajstić information content (AvgIpc) is 2.59. The Balaban J connectivity index is 2.34. The van der Waals surface area contributed by atoms with E-state index in [9.17, 15) is 10.1 Å². The Morgan fingerprint density at radius 1 is 1.60 bits per heavy atom. The van der Waals surface area contributed by atoms with Crippen LogP contribution in [0.1, 0.15) is 26.0 Å². The zero-order valence-corrected chi connectivity index (χ0v) is 8.82. The minimum Gasteiger partial charge on any atom is -0.405 e. The van der Waals surface area contributed by atoms with E-state index >= 15 is 0 Å². The number of rotatable bonds is 3. The summed E-state index contributed by atoms with van der Waals surface area (Å²) in [5, 5.41) is 10.5. The quantitative estimate of drug-likeness (QED) is 0.609. The van der Waals surface area contributed by atoms with Gasteiger partial charge in [-0.05, 0) is 17.9 Å². The third kappa shape index (κ3) is 1.26. The van der Waals surface area contributed by atoms with Crippen molar-refractivity contribution < 1.29 is 9.34 Å². The first-order valence-electron chi connectivity index (χ1n) is 4.88. The van der Waals surface area contributed by atoms with E-state index in [0.717, 1.165) is 6.42 Å². The van der Waals surface area contributed by atoms with E-state index in [1.165, 1.54) is 6.07 Å². The summed E-state index contributed by atoms with van der Waals surface area (Å²) < 4.78 is 5.22. The van der Waals surface area contributed by atoms with Gasteiger partial charge in [0.1, 0.15) is 10.7 Å². The lowest BCUT2D eigenvalue weighted by Gasteiger charge is -2.14. The summed E-state index contributed by atoms with van der Waals surface area (Å²) in [4.78, 5) is 9.97. The van der Waals surface area contributed by atoms with Crippen LogP contribution in [0.5, 0.6) is 0 Å². The molecule has 1 unspecified atom stereocenters. The van der Waals surface area contributed by atoms with E-state index in [2.05, 4.69) is 13.8 Å². The molecule has 1 heterocycles. The Bertz CT molecular complexity index is 411. The number of hydrogen-bond donors (Lipinski definition) is 1. The molecule has 2 rings (SSSR count). The molecule has 0 bridgehead atoms. The number of nitrogens with zero attached hydrogens (tertiary/aromatic N) is 1. The van der Waals surface area contributed by atoms with Crippen LogP contribution in [0.4, 0.5) is 5.88 Å². The molecule has 1 aliphatic carbocycles. The molecule has 0 spiro atoms. The lowest BCUT2D eigenvalue weighted by atomic mass is 9.93. The first-order chi connectivity index (χ1) is 6.93. The molecule has 82 valence electrons. The standard InChI is InChI=1S/C10H14N2O3/c1-9(2)5-10(9,6-11)7-3-4-8(15-7)12(13)14/h3-4H,5-6,11H2,1-2H3. The summed E-state index contributed by atoms with van der Waals surface area (Å²) >= 11 is 0. The molecule has 1 atom stereocenters. The molecule has 0 radical (unpaired) electrons. The van der Waals surface area contributed by atoms with Gasteiger partial charge in [0.25, 0.3) is 0 Å². The average molecular weight is 210 g/mol. The van der Waals surface area contributed by atoms with Crippen molar-refractivity contribution in [3.8, 4) is 0 Å². The van der Waals surface area contributed by atoms with Crippen molar-refractivity contribution >= 4 is 5.88 Å². The SMILES string of the molecule is CC1(C)CC1(CN)c1ccc([N+](=O)[O-])o1. The van der Waals surface area contributed by atoms with Crippen LogP contribution in [0.2, 0.25) is 0 Å². The molecule has 1 fully saturated rings. The molecule has 2 N–H and O–H groups in total. The number of nitrogens with two attached hydrogens (primary N) is 1. The van der Waals surface area contributed by atoms with Crippen molar-refractivity contribution in [2.45, 2.75) is 25.7 Å². The maximum Gasteiger partial charge on any atom is 0.433 e. The summed E-state index contributed by atoms with van der Waals surface area (Å²) in [6, 6.07) is 3.06. The normalized spacial score (nSPS) is 27.7. The van der Waals surface area contributed by atoms with Gasteiger partial charge >= 0.3 is 5.88 Å². The molecule has 0 saturated heterocycles. The van der Waals surface area contributed by atoms with Crippen LogP contribution in [0, 0.1) is 15.5 Å². The molecule has 1 aromatic rings. The van der Waals surface area contributed by atoms with Gasteiger partial charge in [0.05, 0.1) is 6.07 Å². The number of hydrogen-bond acceptors (Lipinski definition) is 4. The fourth-order valence-electron chi connectivity index (χ4n) is 2.26. The second-order valence-corrected chi connectivity index (χ2v) is 4.74. The van der Waals surface area contributed by atoms with Crippen LogP contribution in [-0.2, 0) is 5.41 Å². The van der Waals surface area contributed by atoms with Gasteiger partial charge in [-0.1, -0.05) is 13.8 Å². The maximum atomic E-state index is 10.5. The van der Waals surface area contributed by atoms with Crippen molar-refractivity contribution in [1.29, 1.82) is 0 Å². The summed E-state index contributed by atoms with van der Waals surface area (Å²) in [5.74, 6) is 0.433. The molecule has 5 heteroatoms. The minimum atomic E-state index is -0.525. The third-order valence-electron chi connectivity index (χ3n) is 3.51. The fourth-order valence-corrected chi connectivity index (χ4v) is 2.26. The summed E-state index contributed by atoms with van der Waals surface area (Å²) in [7, 11) is 0. The van der Waals surface area contributed by atoms with Gasteiger partial charge in [-0.2, -0.15) is 0 Å². The molecule has 1 saturated carbocycles. The van der Waals surface area contributed by atoms with E-state index in [-0.39, 0.29) is 16.7 Å². The van der Waals surface area contributed by atoms with Crippen LogP contribution in [-0.4, -0.2) is 11.5 Å². The van der Waals surface area contributed by atoms with E-state index < -0.39 is 4.92 Å². The van der Waals surface area contributed by atoms with Gasteiger partial charge in [0, 0.05) is 12.0 Å². The first-order valence-corrected chi connectivity index (χ1v) is 4.88. The number of nitro groups is 1. The molecule has 1 aromatic heterocycles. The van der Waals surface area contributed by atoms with Gasteiger partial charge in [-0.3, -0.25) is 10.1 Å². The molecule has 0 aromatic carbocycles. The lowest BCUT2D eigenvalue weighted by molar-refractivity contribution is -0.402. The molecule has 15 heavy (non-hydrogen) atoms. The van der Waals surface area contributed by atoms with Gasteiger partial charge in [0.15, 0.2) is 0 Å². The van der Waals surface area contributed by atoms with E-state index in [1.54, 1.807) is 6.07 Å². The van der Waals surface area contributed by atoms with Crippen LogP contribution in [0.3, 0.4) is 0 Å². The minimum absolute atomic E-state index is 0.0769. The Morgan fingerprint density at radius 2 is 2.20 bits per heavy atom. The van der Waals surface area contributed by atoms with Crippen molar-refractivity contribution in [3.05, 3.63) is 28.0 Å². The lowest BCUT2D eigenvalue weighted by Crippen LogP contribution is -2.24. The monoisotopic (exact) mass is 210 g/mol. The van der Waals surface area contributed by atoms with Crippen LogP contribution >= 0.6 is 0 Å². The topological polar surface area (TPSA) is 82.3 Å². The Hall–Kier alpha value is -1.36. The van der Waals surface area contributed by atoms with Crippen molar-refractivity contribution in [2.75, 3.05) is 6.54 Å². The highest BCUT2D eigenvalue weighted by atomic mass is 16.6. The van der Waals surface area contributed by atoms with Crippen LogP contribution in [0.15, 0.2) is 16.5 Å². The van der Waals surface area contributed by atoms with Crippen molar-refractivity contribution in [1.82, 2.24) is 0 Å². The van der Waals surface area contributed by atoms with E-state index in [0.29, 0.717) is 12.3 Å². The van der Waals surface area contributed by atoms with Crippen molar-refractivity contribution in [2.24, 2.45) is 11.1 Å². The molecule has 0 aliphatic heterocycles. The smallest absolute Gasteiger partial charge is 0.405 e. The third-order valence-corrected chi connectivity index (χ3v) is 3.51. The first kappa shape index (κ1) is 10.2. The summed E-state index contributed by atoms with van der Waals surface area (Å²) in [6.07, 6.45) is 0.918. The predicted octanol–water partition coefficient (Wildman–Crippen LogP) is 1.81.